The summed E-state index contributed by atoms with van der Waals surface area (Å²) < 4.78 is 42.0. The number of nitrogens with zero attached hydrogens (tertiary/aromatic N) is 9. The smallest absolute Gasteiger partial charge is 0.365 e. The molecular formula is C34H25ClF3N11O2. The predicted molar refractivity (Wildman–Crippen MR) is 180 cm³/mol. The maximum atomic E-state index is 14.0. The molecule has 0 atom stereocenters. The molecule has 256 valence electrons. The van der Waals surface area contributed by atoms with Gasteiger partial charge in [-0.2, -0.15) is 28.2 Å². The lowest BCUT2D eigenvalue weighted by molar-refractivity contribution is -0.137. The number of benzene rings is 3. The van der Waals surface area contributed by atoms with Crippen molar-refractivity contribution in [1.82, 2.24) is 44.8 Å². The van der Waals surface area contributed by atoms with Crippen molar-refractivity contribution in [1.29, 1.82) is 0 Å². The number of anilines is 1. The van der Waals surface area contributed by atoms with Crippen molar-refractivity contribution >= 4 is 40.0 Å². The van der Waals surface area contributed by atoms with Gasteiger partial charge in [0.05, 0.1) is 34.1 Å². The molecule has 4 heterocycles. The third kappa shape index (κ3) is 6.76. The summed E-state index contributed by atoms with van der Waals surface area (Å²) in [4.78, 5) is 32.4. The van der Waals surface area contributed by atoms with E-state index in [9.17, 15) is 22.8 Å². The number of hydrogen-bond acceptors (Lipinski definition) is 8. The number of hydrogen-bond donors (Lipinski definition) is 2. The number of fused-ring (bicyclic) bond motifs is 1. The van der Waals surface area contributed by atoms with Gasteiger partial charge in [-0.25, -0.2) is 9.67 Å². The number of amides is 2. The van der Waals surface area contributed by atoms with E-state index in [1.54, 1.807) is 36.0 Å². The van der Waals surface area contributed by atoms with Crippen molar-refractivity contribution in [2.24, 2.45) is 5.73 Å². The van der Waals surface area contributed by atoms with Crippen LogP contribution in [0.5, 0.6) is 0 Å². The van der Waals surface area contributed by atoms with E-state index in [-0.39, 0.29) is 40.2 Å². The number of nitrogens with two attached hydrogens (primary N) is 1. The average Bonchev–Trinajstić information content (AvgIpc) is 3.84. The van der Waals surface area contributed by atoms with Crippen LogP contribution >= 0.6 is 11.6 Å². The molecule has 0 saturated carbocycles. The quantitative estimate of drug-likeness (QED) is 0.193. The van der Waals surface area contributed by atoms with Gasteiger partial charge in [0.15, 0.2) is 5.82 Å². The van der Waals surface area contributed by atoms with Crippen molar-refractivity contribution in [3.05, 3.63) is 130 Å². The Morgan fingerprint density at radius 2 is 1.71 bits per heavy atom. The molecule has 0 saturated heterocycles. The Morgan fingerprint density at radius 1 is 0.941 bits per heavy atom. The van der Waals surface area contributed by atoms with Gasteiger partial charge in [0, 0.05) is 23.3 Å². The average molecular weight is 712 g/mol. The second-order valence-electron chi connectivity index (χ2n) is 11.5. The summed E-state index contributed by atoms with van der Waals surface area (Å²) in [5.74, 6) is -1.22. The number of alkyl halides is 3. The largest absolute Gasteiger partial charge is 0.416 e. The molecule has 4 aromatic heterocycles. The monoisotopic (exact) mass is 711 g/mol. The Labute approximate surface area is 291 Å². The first kappa shape index (κ1) is 33.1. The van der Waals surface area contributed by atoms with Crippen molar-refractivity contribution in [3.8, 4) is 17.2 Å². The molecule has 0 aliphatic heterocycles. The van der Waals surface area contributed by atoms with Gasteiger partial charge in [-0.1, -0.05) is 54.1 Å². The van der Waals surface area contributed by atoms with Crippen molar-refractivity contribution in [2.75, 3.05) is 5.32 Å². The molecule has 7 aromatic rings. The summed E-state index contributed by atoms with van der Waals surface area (Å²) in [7, 11) is 0. The van der Waals surface area contributed by atoms with Crippen LogP contribution in [0, 0.1) is 6.92 Å². The minimum Gasteiger partial charge on any atom is -0.365 e. The number of aryl methyl sites for hydroxylation is 1. The lowest BCUT2D eigenvalue weighted by Gasteiger charge is -2.14. The molecule has 51 heavy (non-hydrogen) atoms. The summed E-state index contributed by atoms with van der Waals surface area (Å²) in [5, 5.41) is 25.1. The topological polar surface area (TPSA) is 164 Å². The Morgan fingerprint density at radius 3 is 2.41 bits per heavy atom. The Kier molecular flexibility index (Phi) is 8.52. The first-order valence-electron chi connectivity index (χ1n) is 15.3. The number of pyridine rings is 1. The summed E-state index contributed by atoms with van der Waals surface area (Å²) in [6, 6.07) is 20.5. The van der Waals surface area contributed by atoms with Gasteiger partial charge in [0.25, 0.3) is 11.8 Å². The van der Waals surface area contributed by atoms with Crippen LogP contribution in [0.1, 0.15) is 43.2 Å². The lowest BCUT2D eigenvalue weighted by Crippen LogP contribution is -2.22. The molecule has 0 fully saturated rings. The first-order valence-corrected chi connectivity index (χ1v) is 15.6. The van der Waals surface area contributed by atoms with Gasteiger partial charge < -0.3 is 11.1 Å². The molecule has 2 amide bonds. The van der Waals surface area contributed by atoms with Gasteiger partial charge >= 0.3 is 6.18 Å². The molecule has 17 heteroatoms. The number of primary amides is 1. The molecule has 0 radical (unpaired) electrons. The maximum Gasteiger partial charge on any atom is 0.416 e. The second kappa shape index (κ2) is 13.1. The number of tetrazole rings is 1. The Hall–Kier alpha value is -6.42. The van der Waals surface area contributed by atoms with E-state index in [0.717, 1.165) is 17.7 Å². The van der Waals surface area contributed by atoms with E-state index in [1.165, 1.54) is 33.9 Å². The zero-order valence-corrected chi connectivity index (χ0v) is 27.3. The maximum absolute atomic E-state index is 14.0. The van der Waals surface area contributed by atoms with E-state index in [2.05, 4.69) is 35.9 Å². The minimum atomic E-state index is -4.48. The predicted octanol–water partition coefficient (Wildman–Crippen LogP) is 5.70. The number of nitrogens with one attached hydrogen (secondary N) is 1. The highest BCUT2D eigenvalue weighted by molar-refractivity contribution is 6.32. The number of rotatable bonds is 9. The van der Waals surface area contributed by atoms with Crippen LogP contribution in [0.15, 0.2) is 91.3 Å². The minimum absolute atomic E-state index is 0.00166. The van der Waals surface area contributed by atoms with E-state index >= 15 is 0 Å². The fourth-order valence-electron chi connectivity index (χ4n) is 5.53. The van der Waals surface area contributed by atoms with E-state index in [4.69, 9.17) is 17.3 Å². The van der Waals surface area contributed by atoms with Gasteiger partial charge in [-0.3, -0.25) is 14.3 Å². The number of carbonyl (C=O) groups excluding carboxylic acids is 2. The fourth-order valence-corrected chi connectivity index (χ4v) is 5.73. The summed E-state index contributed by atoms with van der Waals surface area (Å²) in [5.41, 5.74) is 7.77. The van der Waals surface area contributed by atoms with Crippen LogP contribution in [0.25, 0.3) is 28.1 Å². The Bertz CT molecular complexity index is 2420. The van der Waals surface area contributed by atoms with Crippen LogP contribution < -0.4 is 11.1 Å². The third-order valence-corrected chi connectivity index (χ3v) is 8.17. The molecule has 0 spiro atoms. The van der Waals surface area contributed by atoms with Gasteiger partial charge in [0.1, 0.15) is 17.8 Å². The Balaban J connectivity index is 1.21. The second-order valence-corrected chi connectivity index (χ2v) is 11.9. The van der Waals surface area contributed by atoms with E-state index in [0.29, 0.717) is 34.3 Å². The van der Waals surface area contributed by atoms with E-state index < -0.39 is 23.6 Å². The van der Waals surface area contributed by atoms with Crippen molar-refractivity contribution in [3.63, 3.8) is 0 Å². The SMILES string of the molecule is Cc1cc2cn(Cc3ccccc3)nc2c(C(N)=O)c1NC(=O)c1cc(Cn2nnc(-c3ccc(C(F)(F)F)cc3)n2)nn1-c1ncccc1Cl. The zero-order valence-electron chi connectivity index (χ0n) is 26.5. The van der Waals surface area contributed by atoms with Crippen LogP contribution in [0.3, 0.4) is 0 Å². The van der Waals surface area contributed by atoms with Crippen LogP contribution in [0.2, 0.25) is 5.02 Å². The molecular weight excluding hydrogens is 687 g/mol. The third-order valence-electron chi connectivity index (χ3n) is 7.87. The summed E-state index contributed by atoms with van der Waals surface area (Å²) >= 11 is 6.46. The number of halogens is 4. The van der Waals surface area contributed by atoms with Gasteiger partial charge in [0.2, 0.25) is 5.82 Å². The summed E-state index contributed by atoms with van der Waals surface area (Å²) in [6.45, 7) is 2.11. The molecule has 3 N–H and O–H groups in total. The molecule has 0 bridgehead atoms. The first-order chi connectivity index (χ1) is 24.4. The van der Waals surface area contributed by atoms with Crippen LogP contribution in [-0.4, -0.2) is 56.6 Å². The highest BCUT2D eigenvalue weighted by atomic mass is 35.5. The highest BCUT2D eigenvalue weighted by Gasteiger charge is 2.30. The molecule has 13 nitrogen and oxygen atoms in total. The lowest BCUT2D eigenvalue weighted by atomic mass is 10.0. The standard InChI is InChI=1S/C34H25ClF3N11O2/c1-19-14-22-17-47(16-20-6-3-2-4-7-20)44-29(22)27(30(39)50)28(19)41-33(51)26-15-24(43-49(26)32-25(35)8-5-13-40-32)18-48-45-31(42-46-48)21-9-11-23(12-10-21)34(36,37)38/h2-15,17H,16,18H2,1H3,(H2,39,50)(H,41,51). The fraction of sp³-hybridized carbons (Fsp3) is 0.118. The van der Waals surface area contributed by atoms with Gasteiger partial charge in [-0.15, -0.1) is 10.2 Å². The highest BCUT2D eigenvalue weighted by Crippen LogP contribution is 2.32. The van der Waals surface area contributed by atoms with Crippen LogP contribution in [-0.2, 0) is 19.3 Å². The molecule has 3 aromatic carbocycles. The normalized spacial score (nSPS) is 11.6. The van der Waals surface area contributed by atoms with Crippen LogP contribution in [0.4, 0.5) is 18.9 Å². The molecule has 0 unspecified atom stereocenters. The van der Waals surface area contributed by atoms with E-state index in [1.807, 2.05) is 30.3 Å². The number of aromatic nitrogens is 9. The van der Waals surface area contributed by atoms with Crippen molar-refractivity contribution in [2.45, 2.75) is 26.2 Å². The molecule has 0 aliphatic rings. The number of carbonyl (C=O) groups is 2. The van der Waals surface area contributed by atoms with Gasteiger partial charge in [-0.05, 0) is 59.7 Å². The molecule has 7 rings (SSSR count). The zero-order chi connectivity index (χ0) is 35.9. The molecule has 0 aliphatic carbocycles. The van der Waals surface area contributed by atoms with Crippen molar-refractivity contribution < 1.29 is 22.8 Å². The summed E-state index contributed by atoms with van der Waals surface area (Å²) in [6.07, 6.45) is -1.20.